The molecule has 0 saturated heterocycles. The van der Waals surface area contributed by atoms with Crippen molar-refractivity contribution in [2.45, 2.75) is 19.9 Å². The van der Waals surface area contributed by atoms with Gasteiger partial charge in [-0.3, -0.25) is 4.79 Å². The number of fused-ring (bicyclic) bond motifs is 1. The van der Waals surface area contributed by atoms with Crippen LogP contribution in [0.4, 0.5) is 0 Å². The first kappa shape index (κ1) is 20.1. The maximum atomic E-state index is 12.6. The Kier molecular flexibility index (Phi) is 6.84. The van der Waals surface area contributed by atoms with Gasteiger partial charge in [-0.1, -0.05) is 23.5 Å². The van der Waals surface area contributed by atoms with Crippen molar-refractivity contribution in [3.63, 3.8) is 0 Å². The Hall–Kier alpha value is -2.64. The number of hydrogen-bond acceptors (Lipinski definition) is 5. The molecule has 3 aromatic rings. The zero-order chi connectivity index (χ0) is 19.9. The van der Waals surface area contributed by atoms with Crippen molar-refractivity contribution in [2.24, 2.45) is 4.99 Å². The van der Waals surface area contributed by atoms with Crippen LogP contribution < -0.4 is 14.3 Å². The van der Waals surface area contributed by atoms with Gasteiger partial charge in [-0.05, 0) is 42.8 Å². The van der Waals surface area contributed by atoms with E-state index in [4.69, 9.17) is 14.2 Å². The van der Waals surface area contributed by atoms with Crippen LogP contribution in [0.5, 0.6) is 11.5 Å². The number of ether oxygens (including phenoxy) is 3. The maximum Gasteiger partial charge on any atom is 0.252 e. The minimum absolute atomic E-state index is 0.186. The van der Waals surface area contributed by atoms with E-state index < -0.39 is 0 Å². The van der Waals surface area contributed by atoms with Gasteiger partial charge in [0.2, 0.25) is 0 Å². The van der Waals surface area contributed by atoms with Crippen LogP contribution in [0.2, 0.25) is 0 Å². The lowest BCUT2D eigenvalue weighted by atomic mass is 10.1. The molecule has 0 aliphatic heterocycles. The van der Waals surface area contributed by atoms with E-state index in [9.17, 15) is 4.79 Å². The molecule has 28 heavy (non-hydrogen) atoms. The Bertz CT molecular complexity index is 1010. The molecule has 0 unspecified atom stereocenters. The summed E-state index contributed by atoms with van der Waals surface area (Å²) >= 11 is 1.48. The molecule has 0 spiro atoms. The van der Waals surface area contributed by atoms with Gasteiger partial charge < -0.3 is 18.8 Å². The van der Waals surface area contributed by atoms with Crippen molar-refractivity contribution in [2.75, 3.05) is 27.4 Å². The number of amides is 1. The van der Waals surface area contributed by atoms with Crippen molar-refractivity contribution in [1.82, 2.24) is 4.57 Å². The number of thiazole rings is 1. The molecule has 6 nitrogen and oxygen atoms in total. The van der Waals surface area contributed by atoms with Gasteiger partial charge in [-0.25, -0.2) is 0 Å². The van der Waals surface area contributed by atoms with Crippen LogP contribution in [-0.4, -0.2) is 37.9 Å². The summed E-state index contributed by atoms with van der Waals surface area (Å²) < 4.78 is 19.0. The third-order valence-corrected chi connectivity index (χ3v) is 5.33. The summed E-state index contributed by atoms with van der Waals surface area (Å²) in [4.78, 5) is 17.6. The predicted octanol–water partition coefficient (Wildman–Crippen LogP) is 3.43. The van der Waals surface area contributed by atoms with E-state index in [1.165, 1.54) is 11.3 Å². The first-order valence-corrected chi connectivity index (χ1v) is 9.92. The fourth-order valence-corrected chi connectivity index (χ4v) is 3.95. The Morgan fingerprint density at radius 3 is 2.46 bits per heavy atom. The second kappa shape index (κ2) is 9.52. The molecule has 0 fully saturated rings. The normalized spacial score (nSPS) is 11.8. The molecule has 0 atom stereocenters. The first-order valence-electron chi connectivity index (χ1n) is 9.10. The van der Waals surface area contributed by atoms with E-state index in [1.807, 2.05) is 54.0 Å². The standard InChI is InChI=1S/C21H24N2O4S/c1-4-27-12-11-23-18-10-9-17(26-3)14-19(18)28-21(23)22-20(24)13-15-5-7-16(25-2)8-6-15/h5-10,14H,4,11-13H2,1-3H3. The average Bonchev–Trinajstić information content (AvgIpc) is 3.04. The van der Waals surface area contributed by atoms with E-state index in [2.05, 4.69) is 4.99 Å². The van der Waals surface area contributed by atoms with Gasteiger partial charge in [-0.2, -0.15) is 4.99 Å². The lowest BCUT2D eigenvalue weighted by Crippen LogP contribution is -2.20. The molecular weight excluding hydrogens is 376 g/mol. The third kappa shape index (κ3) is 4.79. The summed E-state index contributed by atoms with van der Waals surface area (Å²) in [5.41, 5.74) is 1.92. The quantitative estimate of drug-likeness (QED) is 0.544. The highest BCUT2D eigenvalue weighted by atomic mass is 32.1. The van der Waals surface area contributed by atoms with Crippen molar-refractivity contribution < 1.29 is 19.0 Å². The molecule has 1 heterocycles. The van der Waals surface area contributed by atoms with Gasteiger partial charge in [0, 0.05) is 13.2 Å². The van der Waals surface area contributed by atoms with Crippen LogP contribution in [0.3, 0.4) is 0 Å². The number of hydrogen-bond donors (Lipinski definition) is 0. The van der Waals surface area contributed by atoms with Gasteiger partial charge in [0.25, 0.3) is 5.91 Å². The number of carbonyl (C=O) groups excluding carboxylic acids is 1. The van der Waals surface area contributed by atoms with Gasteiger partial charge in [0.15, 0.2) is 4.80 Å². The molecule has 0 aliphatic rings. The second-order valence-electron chi connectivity index (χ2n) is 6.10. The van der Waals surface area contributed by atoms with Crippen molar-refractivity contribution in [1.29, 1.82) is 0 Å². The number of benzene rings is 2. The molecule has 0 saturated carbocycles. The van der Waals surface area contributed by atoms with Gasteiger partial charge >= 0.3 is 0 Å². The Morgan fingerprint density at radius 1 is 1.07 bits per heavy atom. The predicted molar refractivity (Wildman–Crippen MR) is 110 cm³/mol. The summed E-state index contributed by atoms with van der Waals surface area (Å²) in [5.74, 6) is 1.36. The highest BCUT2D eigenvalue weighted by molar-refractivity contribution is 7.16. The monoisotopic (exact) mass is 400 g/mol. The second-order valence-corrected chi connectivity index (χ2v) is 7.11. The summed E-state index contributed by atoms with van der Waals surface area (Å²) in [6.07, 6.45) is 0.243. The minimum Gasteiger partial charge on any atom is -0.497 e. The molecular formula is C21H24N2O4S. The highest BCUT2D eigenvalue weighted by Crippen LogP contribution is 2.23. The summed E-state index contributed by atoms with van der Waals surface area (Å²) in [6.45, 7) is 3.81. The third-order valence-electron chi connectivity index (χ3n) is 4.29. The van der Waals surface area contributed by atoms with E-state index in [-0.39, 0.29) is 12.3 Å². The number of methoxy groups -OCH3 is 2. The number of rotatable bonds is 8. The molecule has 1 amide bonds. The SMILES string of the molecule is CCOCCn1c(=NC(=O)Cc2ccc(OC)cc2)sc2cc(OC)ccc21. The molecule has 0 N–H and O–H groups in total. The zero-order valence-corrected chi connectivity index (χ0v) is 17.1. The van der Waals surface area contributed by atoms with Gasteiger partial charge in [0.1, 0.15) is 11.5 Å². The molecule has 148 valence electrons. The Morgan fingerprint density at radius 2 is 1.79 bits per heavy atom. The summed E-state index contributed by atoms with van der Waals surface area (Å²) in [5, 5.41) is 0. The van der Waals surface area contributed by atoms with E-state index in [0.717, 1.165) is 27.3 Å². The molecule has 0 aliphatic carbocycles. The van der Waals surface area contributed by atoms with Crippen LogP contribution in [0, 0.1) is 0 Å². The number of nitrogens with zero attached hydrogens (tertiary/aromatic N) is 2. The Balaban J connectivity index is 1.91. The lowest BCUT2D eigenvalue weighted by molar-refractivity contribution is -0.117. The molecule has 3 rings (SSSR count). The molecule has 0 radical (unpaired) electrons. The smallest absolute Gasteiger partial charge is 0.252 e. The van der Waals surface area contributed by atoms with Crippen LogP contribution in [0.15, 0.2) is 47.5 Å². The van der Waals surface area contributed by atoms with E-state index in [1.54, 1.807) is 14.2 Å². The zero-order valence-electron chi connectivity index (χ0n) is 16.3. The van der Waals surface area contributed by atoms with Crippen LogP contribution in [-0.2, 0) is 22.5 Å². The molecule has 2 aromatic carbocycles. The topological polar surface area (TPSA) is 62.1 Å². The van der Waals surface area contributed by atoms with Gasteiger partial charge in [-0.15, -0.1) is 0 Å². The summed E-state index contributed by atoms with van der Waals surface area (Å²) in [7, 11) is 3.26. The summed E-state index contributed by atoms with van der Waals surface area (Å²) in [6, 6.07) is 13.3. The first-order chi connectivity index (χ1) is 13.6. The van der Waals surface area contributed by atoms with E-state index in [0.29, 0.717) is 24.6 Å². The van der Waals surface area contributed by atoms with Crippen LogP contribution in [0.1, 0.15) is 12.5 Å². The van der Waals surface area contributed by atoms with Crippen molar-refractivity contribution in [3.8, 4) is 11.5 Å². The maximum absolute atomic E-state index is 12.6. The molecule has 7 heteroatoms. The highest BCUT2D eigenvalue weighted by Gasteiger charge is 2.10. The molecule has 0 bridgehead atoms. The fraction of sp³-hybridized carbons (Fsp3) is 0.333. The lowest BCUT2D eigenvalue weighted by Gasteiger charge is -2.06. The van der Waals surface area contributed by atoms with Crippen LogP contribution in [0.25, 0.3) is 10.2 Å². The number of aromatic nitrogens is 1. The van der Waals surface area contributed by atoms with E-state index >= 15 is 0 Å². The number of carbonyl (C=O) groups is 1. The molecule has 1 aromatic heterocycles. The Labute approximate surface area is 168 Å². The largest absolute Gasteiger partial charge is 0.497 e. The average molecular weight is 401 g/mol. The van der Waals surface area contributed by atoms with Gasteiger partial charge in [0.05, 0.1) is 37.5 Å². The fourth-order valence-electron chi connectivity index (χ4n) is 2.85. The minimum atomic E-state index is -0.186. The van der Waals surface area contributed by atoms with Crippen LogP contribution >= 0.6 is 11.3 Å². The van der Waals surface area contributed by atoms with Crippen molar-refractivity contribution >= 4 is 27.5 Å². The van der Waals surface area contributed by atoms with Crippen molar-refractivity contribution in [3.05, 3.63) is 52.8 Å².